The molecule has 3 rings (SSSR count). The summed E-state index contributed by atoms with van der Waals surface area (Å²) in [5.74, 6) is 0. The Hall–Kier alpha value is -3.24. The summed E-state index contributed by atoms with van der Waals surface area (Å²) in [6.45, 7) is 8.68. The SMILES string of the molecule is CC(C)(C)OC(=O)N1CCN(c2ccc(CNNc3ccccc3)cc2C#N)CC1. The van der Waals surface area contributed by atoms with Crippen LogP contribution in [0.2, 0.25) is 0 Å². The van der Waals surface area contributed by atoms with E-state index in [9.17, 15) is 10.1 Å². The van der Waals surface area contributed by atoms with Crippen LogP contribution in [0.25, 0.3) is 0 Å². The van der Waals surface area contributed by atoms with Crippen LogP contribution in [0.4, 0.5) is 16.2 Å². The number of rotatable bonds is 5. The number of hydrogen-bond acceptors (Lipinski definition) is 6. The van der Waals surface area contributed by atoms with Crippen LogP contribution in [0.15, 0.2) is 48.5 Å². The minimum atomic E-state index is -0.499. The molecule has 0 aromatic heterocycles. The van der Waals surface area contributed by atoms with Crippen LogP contribution in [-0.2, 0) is 11.3 Å². The highest BCUT2D eigenvalue weighted by molar-refractivity contribution is 5.69. The van der Waals surface area contributed by atoms with E-state index in [2.05, 4.69) is 21.8 Å². The summed E-state index contributed by atoms with van der Waals surface area (Å²) in [5.41, 5.74) is 9.37. The normalized spacial score (nSPS) is 14.2. The molecule has 0 bridgehead atoms. The predicted molar refractivity (Wildman–Crippen MR) is 118 cm³/mol. The molecule has 2 N–H and O–H groups in total. The summed E-state index contributed by atoms with van der Waals surface area (Å²) in [6.07, 6.45) is -0.282. The first-order chi connectivity index (χ1) is 14.4. The molecule has 0 radical (unpaired) electrons. The van der Waals surface area contributed by atoms with Gasteiger partial charge >= 0.3 is 6.09 Å². The van der Waals surface area contributed by atoms with E-state index in [1.165, 1.54) is 0 Å². The maximum absolute atomic E-state index is 12.2. The van der Waals surface area contributed by atoms with Crippen LogP contribution in [0, 0.1) is 11.3 Å². The van der Waals surface area contributed by atoms with E-state index in [0.717, 1.165) is 16.9 Å². The van der Waals surface area contributed by atoms with Crippen LogP contribution in [0.1, 0.15) is 31.9 Å². The Morgan fingerprint density at radius 3 is 2.43 bits per heavy atom. The average Bonchev–Trinajstić information content (AvgIpc) is 2.73. The lowest BCUT2D eigenvalue weighted by Gasteiger charge is -2.37. The summed E-state index contributed by atoms with van der Waals surface area (Å²) in [4.78, 5) is 16.1. The van der Waals surface area contributed by atoms with E-state index in [4.69, 9.17) is 4.74 Å². The Balaban J connectivity index is 1.56. The number of hydrazine groups is 1. The number of nitriles is 1. The van der Waals surface area contributed by atoms with E-state index in [-0.39, 0.29) is 6.09 Å². The number of amides is 1. The second-order valence-electron chi connectivity index (χ2n) is 8.26. The van der Waals surface area contributed by atoms with Crippen molar-refractivity contribution in [1.29, 1.82) is 5.26 Å². The predicted octanol–water partition coefficient (Wildman–Crippen LogP) is 3.73. The van der Waals surface area contributed by atoms with Gasteiger partial charge in [0.05, 0.1) is 11.3 Å². The van der Waals surface area contributed by atoms with Gasteiger partial charge in [-0.1, -0.05) is 24.3 Å². The van der Waals surface area contributed by atoms with Crippen molar-refractivity contribution in [3.63, 3.8) is 0 Å². The molecule has 0 spiro atoms. The van der Waals surface area contributed by atoms with Crippen molar-refractivity contribution in [3.8, 4) is 6.07 Å². The molecular formula is C23H29N5O2. The van der Waals surface area contributed by atoms with Crippen molar-refractivity contribution < 1.29 is 9.53 Å². The second kappa shape index (κ2) is 9.51. The number of nitrogens with zero attached hydrogens (tertiary/aromatic N) is 3. The summed E-state index contributed by atoms with van der Waals surface area (Å²) in [7, 11) is 0. The maximum Gasteiger partial charge on any atom is 0.410 e. The van der Waals surface area contributed by atoms with Gasteiger partial charge in [0.15, 0.2) is 0 Å². The molecule has 158 valence electrons. The van der Waals surface area contributed by atoms with Gasteiger partial charge in [0, 0.05) is 38.4 Å². The highest BCUT2D eigenvalue weighted by Crippen LogP contribution is 2.23. The first-order valence-electron chi connectivity index (χ1n) is 10.2. The van der Waals surface area contributed by atoms with Crippen LogP contribution in [0.3, 0.4) is 0 Å². The van der Waals surface area contributed by atoms with Gasteiger partial charge in [-0.3, -0.25) is 0 Å². The van der Waals surface area contributed by atoms with Crippen LogP contribution in [-0.4, -0.2) is 42.8 Å². The van der Waals surface area contributed by atoms with E-state index in [1.807, 2.05) is 69.3 Å². The molecule has 2 aromatic carbocycles. The molecule has 30 heavy (non-hydrogen) atoms. The number of carbonyl (C=O) groups is 1. The first-order valence-corrected chi connectivity index (χ1v) is 10.2. The number of benzene rings is 2. The maximum atomic E-state index is 12.2. The lowest BCUT2D eigenvalue weighted by molar-refractivity contribution is 0.0240. The number of hydrogen-bond donors (Lipinski definition) is 2. The van der Waals surface area contributed by atoms with Gasteiger partial charge in [0.2, 0.25) is 0 Å². The lowest BCUT2D eigenvalue weighted by atomic mass is 10.1. The van der Waals surface area contributed by atoms with Crippen molar-refractivity contribution in [2.75, 3.05) is 36.5 Å². The Bertz CT molecular complexity index is 894. The number of anilines is 2. The quantitative estimate of drug-likeness (QED) is 0.735. The average molecular weight is 408 g/mol. The van der Waals surface area contributed by atoms with Crippen LogP contribution >= 0.6 is 0 Å². The zero-order valence-electron chi connectivity index (χ0n) is 17.8. The molecule has 1 fully saturated rings. The largest absolute Gasteiger partial charge is 0.444 e. The fourth-order valence-corrected chi connectivity index (χ4v) is 3.28. The molecule has 1 aliphatic rings. The molecule has 7 nitrogen and oxygen atoms in total. The van der Waals surface area contributed by atoms with Crippen molar-refractivity contribution in [1.82, 2.24) is 10.3 Å². The van der Waals surface area contributed by atoms with E-state index in [1.54, 1.807) is 4.90 Å². The van der Waals surface area contributed by atoms with Crippen molar-refractivity contribution in [2.24, 2.45) is 0 Å². The zero-order chi connectivity index (χ0) is 21.6. The lowest BCUT2D eigenvalue weighted by Crippen LogP contribution is -2.50. The third-order valence-electron chi connectivity index (χ3n) is 4.75. The van der Waals surface area contributed by atoms with Gasteiger partial charge in [0.25, 0.3) is 0 Å². The number of piperazine rings is 1. The van der Waals surface area contributed by atoms with Gasteiger partial charge in [-0.05, 0) is 50.6 Å². The van der Waals surface area contributed by atoms with Gasteiger partial charge in [-0.15, -0.1) is 0 Å². The van der Waals surface area contributed by atoms with E-state index in [0.29, 0.717) is 38.3 Å². The van der Waals surface area contributed by atoms with E-state index >= 15 is 0 Å². The summed E-state index contributed by atoms with van der Waals surface area (Å²) in [5, 5.41) is 9.65. The second-order valence-corrected chi connectivity index (χ2v) is 8.26. The summed E-state index contributed by atoms with van der Waals surface area (Å²) in [6, 6.07) is 18.1. The van der Waals surface area contributed by atoms with Gasteiger partial charge in [-0.2, -0.15) is 5.26 Å². The summed E-state index contributed by atoms with van der Waals surface area (Å²) < 4.78 is 5.45. The standard InChI is InChI=1S/C23H29N5O2/c1-23(2,3)30-22(29)28-13-11-27(12-14-28)21-10-9-18(15-19(21)16-24)17-25-26-20-7-5-4-6-8-20/h4-10,15,25-26H,11-14,17H2,1-3H3. The van der Waals surface area contributed by atoms with Crippen molar-refractivity contribution in [2.45, 2.75) is 32.9 Å². The fourth-order valence-electron chi connectivity index (χ4n) is 3.28. The number of ether oxygens (including phenoxy) is 1. The van der Waals surface area contributed by atoms with Crippen molar-refractivity contribution >= 4 is 17.5 Å². The van der Waals surface area contributed by atoms with Crippen molar-refractivity contribution in [3.05, 3.63) is 59.7 Å². The Kier molecular flexibility index (Phi) is 6.80. The number of para-hydroxylation sites is 1. The molecule has 1 saturated heterocycles. The van der Waals surface area contributed by atoms with Gasteiger partial charge in [0.1, 0.15) is 11.7 Å². The third kappa shape index (κ3) is 5.88. The molecule has 1 heterocycles. The van der Waals surface area contributed by atoms with Crippen LogP contribution in [0.5, 0.6) is 0 Å². The topological polar surface area (TPSA) is 80.6 Å². The minimum Gasteiger partial charge on any atom is -0.444 e. The fraction of sp³-hybridized carbons (Fsp3) is 0.391. The van der Waals surface area contributed by atoms with Gasteiger partial charge < -0.3 is 20.0 Å². The Morgan fingerprint density at radius 2 is 1.80 bits per heavy atom. The first kappa shape index (κ1) is 21.5. The Labute approximate surface area is 178 Å². The molecule has 0 saturated carbocycles. The molecule has 0 unspecified atom stereocenters. The molecule has 7 heteroatoms. The molecule has 0 aliphatic carbocycles. The molecule has 1 amide bonds. The molecular weight excluding hydrogens is 378 g/mol. The minimum absolute atomic E-state index is 0.282. The number of nitrogens with one attached hydrogen (secondary N) is 2. The van der Waals surface area contributed by atoms with Gasteiger partial charge in [-0.25, -0.2) is 10.2 Å². The zero-order valence-corrected chi connectivity index (χ0v) is 17.8. The Morgan fingerprint density at radius 1 is 1.10 bits per heavy atom. The highest BCUT2D eigenvalue weighted by Gasteiger charge is 2.26. The monoisotopic (exact) mass is 407 g/mol. The third-order valence-corrected chi connectivity index (χ3v) is 4.75. The number of carbonyl (C=O) groups excluding carboxylic acids is 1. The smallest absolute Gasteiger partial charge is 0.410 e. The highest BCUT2D eigenvalue weighted by atomic mass is 16.6. The molecule has 2 aromatic rings. The van der Waals surface area contributed by atoms with E-state index < -0.39 is 5.60 Å². The molecule has 1 aliphatic heterocycles. The molecule has 0 atom stereocenters. The van der Waals surface area contributed by atoms with Crippen LogP contribution < -0.4 is 15.8 Å². The summed E-state index contributed by atoms with van der Waals surface area (Å²) >= 11 is 0.